The molecule has 4 heteroatoms. The second-order valence-electron chi connectivity index (χ2n) is 4.10. The number of rotatable bonds is 3. The highest BCUT2D eigenvalue weighted by Crippen LogP contribution is 2.22. The fourth-order valence-corrected chi connectivity index (χ4v) is 2.04. The fourth-order valence-electron chi connectivity index (χ4n) is 2.04. The molecule has 0 aliphatic heterocycles. The van der Waals surface area contributed by atoms with E-state index >= 15 is 0 Å². The van der Waals surface area contributed by atoms with E-state index in [0.29, 0.717) is 5.56 Å². The SMILES string of the molecule is COC(=O)CNC(=O)c1ccc2c(c1)CCC2. The Morgan fingerprint density at radius 1 is 1.29 bits per heavy atom. The largest absolute Gasteiger partial charge is 0.468 e. The van der Waals surface area contributed by atoms with Crippen LogP contribution < -0.4 is 5.32 Å². The van der Waals surface area contributed by atoms with Crippen LogP contribution in [0, 0.1) is 0 Å². The summed E-state index contributed by atoms with van der Waals surface area (Å²) in [7, 11) is 1.30. The Labute approximate surface area is 100.0 Å². The van der Waals surface area contributed by atoms with E-state index in [1.54, 1.807) is 6.07 Å². The zero-order valence-electron chi connectivity index (χ0n) is 9.79. The average molecular weight is 233 g/mol. The second kappa shape index (κ2) is 4.99. The average Bonchev–Trinajstić information content (AvgIpc) is 2.82. The van der Waals surface area contributed by atoms with Crippen LogP contribution in [-0.4, -0.2) is 25.5 Å². The van der Waals surface area contributed by atoms with Crippen LogP contribution in [0.1, 0.15) is 27.9 Å². The third kappa shape index (κ3) is 2.64. The van der Waals surface area contributed by atoms with Gasteiger partial charge in [-0.2, -0.15) is 0 Å². The molecule has 0 aromatic heterocycles. The molecular weight excluding hydrogens is 218 g/mol. The molecule has 0 unspecified atom stereocenters. The minimum Gasteiger partial charge on any atom is -0.468 e. The number of carbonyl (C=O) groups excluding carboxylic acids is 2. The minimum absolute atomic E-state index is 0.0909. The van der Waals surface area contributed by atoms with Crippen LogP contribution in [0.25, 0.3) is 0 Å². The van der Waals surface area contributed by atoms with E-state index in [1.807, 2.05) is 12.1 Å². The van der Waals surface area contributed by atoms with E-state index in [-0.39, 0.29) is 12.5 Å². The first-order valence-electron chi connectivity index (χ1n) is 5.67. The first-order valence-corrected chi connectivity index (χ1v) is 5.67. The van der Waals surface area contributed by atoms with Crippen molar-refractivity contribution < 1.29 is 14.3 Å². The monoisotopic (exact) mass is 233 g/mol. The van der Waals surface area contributed by atoms with Crippen molar-refractivity contribution in [2.24, 2.45) is 0 Å². The Morgan fingerprint density at radius 2 is 2.06 bits per heavy atom. The Bertz CT molecular complexity index is 454. The van der Waals surface area contributed by atoms with Crippen molar-refractivity contribution >= 4 is 11.9 Å². The third-order valence-corrected chi connectivity index (χ3v) is 2.98. The van der Waals surface area contributed by atoms with Gasteiger partial charge in [-0.1, -0.05) is 6.07 Å². The summed E-state index contributed by atoms with van der Waals surface area (Å²) >= 11 is 0. The predicted octanol–water partition coefficient (Wildman–Crippen LogP) is 1.08. The lowest BCUT2D eigenvalue weighted by molar-refractivity contribution is -0.139. The fraction of sp³-hybridized carbons (Fsp3) is 0.385. The van der Waals surface area contributed by atoms with Crippen LogP contribution in [0.15, 0.2) is 18.2 Å². The normalized spacial score (nSPS) is 13.0. The molecule has 1 aromatic rings. The van der Waals surface area contributed by atoms with Crippen molar-refractivity contribution in [3.63, 3.8) is 0 Å². The van der Waals surface area contributed by atoms with Gasteiger partial charge in [-0.3, -0.25) is 9.59 Å². The molecule has 1 amide bonds. The molecule has 2 rings (SSSR count). The van der Waals surface area contributed by atoms with Gasteiger partial charge >= 0.3 is 5.97 Å². The second-order valence-corrected chi connectivity index (χ2v) is 4.10. The number of benzene rings is 1. The molecular formula is C13H15NO3. The molecule has 0 spiro atoms. The molecule has 17 heavy (non-hydrogen) atoms. The van der Waals surface area contributed by atoms with Crippen LogP contribution in [0.5, 0.6) is 0 Å². The third-order valence-electron chi connectivity index (χ3n) is 2.98. The predicted molar refractivity (Wildman–Crippen MR) is 62.8 cm³/mol. The van der Waals surface area contributed by atoms with Crippen LogP contribution in [0.2, 0.25) is 0 Å². The summed E-state index contributed by atoms with van der Waals surface area (Å²) in [6, 6.07) is 5.71. The first-order chi connectivity index (χ1) is 8.20. The number of aryl methyl sites for hydroxylation is 2. The number of fused-ring (bicyclic) bond motifs is 1. The molecule has 1 aliphatic carbocycles. The molecule has 0 bridgehead atoms. The summed E-state index contributed by atoms with van der Waals surface area (Å²) in [6.07, 6.45) is 3.29. The Balaban J connectivity index is 2.02. The summed E-state index contributed by atoms with van der Waals surface area (Å²) in [4.78, 5) is 22.6. The minimum atomic E-state index is -0.445. The lowest BCUT2D eigenvalue weighted by Crippen LogP contribution is -2.30. The van der Waals surface area contributed by atoms with E-state index in [1.165, 1.54) is 18.2 Å². The smallest absolute Gasteiger partial charge is 0.325 e. The van der Waals surface area contributed by atoms with Gasteiger partial charge in [0.05, 0.1) is 7.11 Å². The molecule has 0 radical (unpaired) electrons. The maximum atomic E-state index is 11.7. The van der Waals surface area contributed by atoms with Gasteiger partial charge in [0.2, 0.25) is 0 Å². The number of carbonyl (C=O) groups is 2. The number of ether oxygens (including phenoxy) is 1. The zero-order chi connectivity index (χ0) is 12.3. The molecule has 0 saturated carbocycles. The standard InChI is InChI=1S/C13H15NO3/c1-17-12(15)8-14-13(16)11-6-5-9-3-2-4-10(9)7-11/h5-7H,2-4,8H2,1H3,(H,14,16). The number of amides is 1. The van der Waals surface area contributed by atoms with E-state index in [9.17, 15) is 9.59 Å². The van der Waals surface area contributed by atoms with Crippen molar-refractivity contribution in [2.75, 3.05) is 13.7 Å². The van der Waals surface area contributed by atoms with Gasteiger partial charge in [-0.25, -0.2) is 0 Å². The highest BCUT2D eigenvalue weighted by molar-refractivity contribution is 5.96. The van der Waals surface area contributed by atoms with E-state index in [2.05, 4.69) is 10.1 Å². The summed E-state index contributed by atoms with van der Waals surface area (Å²) in [5.41, 5.74) is 3.18. The highest BCUT2D eigenvalue weighted by Gasteiger charge is 2.14. The summed E-state index contributed by atoms with van der Waals surface area (Å²) in [6.45, 7) is -0.0909. The van der Waals surface area contributed by atoms with Crippen molar-refractivity contribution in [3.8, 4) is 0 Å². The molecule has 4 nitrogen and oxygen atoms in total. The Hall–Kier alpha value is -1.84. The molecule has 1 N–H and O–H groups in total. The van der Waals surface area contributed by atoms with Gasteiger partial charge in [0.25, 0.3) is 5.91 Å². The topological polar surface area (TPSA) is 55.4 Å². The lowest BCUT2D eigenvalue weighted by Gasteiger charge is -2.06. The van der Waals surface area contributed by atoms with Gasteiger partial charge in [-0.05, 0) is 42.5 Å². The molecule has 0 atom stereocenters. The van der Waals surface area contributed by atoms with Crippen molar-refractivity contribution in [1.29, 1.82) is 0 Å². The quantitative estimate of drug-likeness (QED) is 0.795. The molecule has 90 valence electrons. The Morgan fingerprint density at radius 3 is 2.82 bits per heavy atom. The van der Waals surface area contributed by atoms with Crippen LogP contribution in [-0.2, 0) is 22.4 Å². The van der Waals surface area contributed by atoms with E-state index in [0.717, 1.165) is 19.3 Å². The number of hydrogen-bond donors (Lipinski definition) is 1. The zero-order valence-corrected chi connectivity index (χ0v) is 9.79. The van der Waals surface area contributed by atoms with Crippen molar-refractivity contribution in [1.82, 2.24) is 5.32 Å². The Kier molecular flexibility index (Phi) is 3.42. The van der Waals surface area contributed by atoms with Gasteiger partial charge < -0.3 is 10.1 Å². The van der Waals surface area contributed by atoms with Crippen LogP contribution >= 0.6 is 0 Å². The number of esters is 1. The maximum absolute atomic E-state index is 11.7. The first kappa shape index (κ1) is 11.6. The summed E-state index contributed by atoms with van der Waals surface area (Å²) in [5.74, 6) is -0.676. The van der Waals surface area contributed by atoms with Crippen molar-refractivity contribution in [3.05, 3.63) is 34.9 Å². The molecule has 0 heterocycles. The van der Waals surface area contributed by atoms with Gasteiger partial charge in [0.1, 0.15) is 6.54 Å². The molecule has 1 aromatic carbocycles. The molecule has 1 aliphatic rings. The van der Waals surface area contributed by atoms with Gasteiger partial charge in [0, 0.05) is 5.56 Å². The number of hydrogen-bond acceptors (Lipinski definition) is 3. The van der Waals surface area contributed by atoms with Crippen molar-refractivity contribution in [2.45, 2.75) is 19.3 Å². The summed E-state index contributed by atoms with van der Waals surface area (Å²) < 4.78 is 4.46. The maximum Gasteiger partial charge on any atom is 0.325 e. The molecule has 0 fully saturated rings. The van der Waals surface area contributed by atoms with E-state index < -0.39 is 5.97 Å². The molecule has 0 saturated heterocycles. The van der Waals surface area contributed by atoms with E-state index in [4.69, 9.17) is 0 Å². The van der Waals surface area contributed by atoms with Crippen LogP contribution in [0.4, 0.5) is 0 Å². The summed E-state index contributed by atoms with van der Waals surface area (Å²) in [5, 5.41) is 2.53. The highest BCUT2D eigenvalue weighted by atomic mass is 16.5. The van der Waals surface area contributed by atoms with Gasteiger partial charge in [0.15, 0.2) is 0 Å². The van der Waals surface area contributed by atoms with Crippen LogP contribution in [0.3, 0.4) is 0 Å². The number of methoxy groups -OCH3 is 1. The number of nitrogens with one attached hydrogen (secondary N) is 1. The lowest BCUT2D eigenvalue weighted by atomic mass is 10.1. The van der Waals surface area contributed by atoms with Gasteiger partial charge in [-0.15, -0.1) is 0 Å².